The van der Waals surface area contributed by atoms with E-state index in [0.29, 0.717) is 0 Å². The number of hydrogen-bond acceptors (Lipinski definition) is 1. The second-order valence-corrected chi connectivity index (χ2v) is 9.60. The first-order valence-corrected chi connectivity index (χ1v) is 10.7. The predicted molar refractivity (Wildman–Crippen MR) is 111 cm³/mol. The van der Waals surface area contributed by atoms with E-state index in [1.165, 1.54) is 16.5 Å². The molecule has 0 saturated carbocycles. The van der Waals surface area contributed by atoms with Crippen molar-refractivity contribution >= 4 is 33.8 Å². The minimum atomic E-state index is -2.93. The Kier molecular flexibility index (Phi) is 3.58. The Morgan fingerprint density at radius 2 is 1.15 bits per heavy atom. The summed E-state index contributed by atoms with van der Waals surface area (Å²) >= 11 is 0. The summed E-state index contributed by atoms with van der Waals surface area (Å²) < 4.78 is 14.7. The molecule has 0 heterocycles. The van der Waals surface area contributed by atoms with Gasteiger partial charge in [0.2, 0.25) is 0 Å². The van der Waals surface area contributed by atoms with Crippen molar-refractivity contribution in [2.75, 3.05) is 0 Å². The molecule has 0 unspecified atom stereocenters. The highest BCUT2D eigenvalue weighted by Gasteiger charge is 2.32. The lowest BCUT2D eigenvalue weighted by molar-refractivity contribution is 0.592. The smallest absolute Gasteiger partial charge is 0.171 e. The topological polar surface area (TPSA) is 17.1 Å². The maximum Gasteiger partial charge on any atom is 0.171 e. The molecule has 0 spiro atoms. The van der Waals surface area contributed by atoms with Gasteiger partial charge in [-0.15, -0.1) is 0 Å². The van der Waals surface area contributed by atoms with Crippen molar-refractivity contribution in [1.82, 2.24) is 0 Å². The molecule has 1 aliphatic carbocycles. The van der Waals surface area contributed by atoms with Crippen LogP contribution in [0.3, 0.4) is 0 Å². The maximum absolute atomic E-state index is 14.7. The molecular formula is C24H19OP. The van der Waals surface area contributed by atoms with Gasteiger partial charge >= 0.3 is 0 Å². The predicted octanol–water partition coefficient (Wildman–Crippen LogP) is 4.58. The molecule has 0 radical (unpaired) electrons. The van der Waals surface area contributed by atoms with Crippen LogP contribution in [0.1, 0.15) is 11.1 Å². The van der Waals surface area contributed by atoms with Gasteiger partial charge in [-0.3, -0.25) is 0 Å². The molecule has 4 aromatic rings. The third-order valence-corrected chi connectivity index (χ3v) is 8.55. The molecule has 0 aromatic heterocycles. The molecule has 0 amide bonds. The molecule has 2 heteroatoms. The van der Waals surface area contributed by atoms with Gasteiger partial charge in [-0.2, -0.15) is 0 Å². The van der Waals surface area contributed by atoms with E-state index in [9.17, 15) is 4.57 Å². The van der Waals surface area contributed by atoms with Gasteiger partial charge in [-0.05, 0) is 40.8 Å². The summed E-state index contributed by atoms with van der Waals surface area (Å²) in [7, 11) is -2.93. The molecule has 0 N–H and O–H groups in total. The fourth-order valence-electron chi connectivity index (χ4n) is 4.21. The van der Waals surface area contributed by atoms with Gasteiger partial charge in [0.05, 0.1) is 0 Å². The normalized spacial score (nSPS) is 13.2. The summed E-state index contributed by atoms with van der Waals surface area (Å²) in [5, 5.41) is 5.21. The Morgan fingerprint density at radius 1 is 0.577 bits per heavy atom. The van der Waals surface area contributed by atoms with Crippen LogP contribution in [0.5, 0.6) is 0 Å². The highest BCUT2D eigenvalue weighted by Crippen LogP contribution is 2.45. The monoisotopic (exact) mass is 354 g/mol. The van der Waals surface area contributed by atoms with Gasteiger partial charge in [0, 0.05) is 15.9 Å². The largest absolute Gasteiger partial charge is 0.309 e. The average Bonchev–Trinajstić information content (AvgIpc) is 3.14. The fraction of sp³-hybridized carbons (Fsp3) is 0.0833. The SMILES string of the molecule is O=P(c1ccccc1)(c1ccccc1)c1ccc2c3c(cccc13)CC2. The van der Waals surface area contributed by atoms with Gasteiger partial charge in [0.25, 0.3) is 0 Å². The Labute approximate surface area is 153 Å². The fourth-order valence-corrected chi connectivity index (χ4v) is 7.06. The van der Waals surface area contributed by atoms with Crippen molar-refractivity contribution in [3.63, 3.8) is 0 Å². The number of rotatable bonds is 3. The van der Waals surface area contributed by atoms with Gasteiger partial charge in [-0.1, -0.05) is 84.9 Å². The van der Waals surface area contributed by atoms with E-state index in [1.807, 2.05) is 60.7 Å². The molecule has 0 aliphatic heterocycles. The van der Waals surface area contributed by atoms with E-state index in [4.69, 9.17) is 0 Å². The molecule has 126 valence electrons. The summed E-state index contributed by atoms with van der Waals surface area (Å²) in [6, 6.07) is 30.6. The summed E-state index contributed by atoms with van der Waals surface area (Å²) in [5.41, 5.74) is 2.76. The van der Waals surface area contributed by atoms with Crippen LogP contribution in [0.15, 0.2) is 91.0 Å². The lowest BCUT2D eigenvalue weighted by Gasteiger charge is -2.22. The van der Waals surface area contributed by atoms with Crippen LogP contribution in [-0.2, 0) is 17.4 Å². The molecule has 0 fully saturated rings. The van der Waals surface area contributed by atoms with Crippen LogP contribution in [0.4, 0.5) is 0 Å². The first-order valence-electron chi connectivity index (χ1n) is 9.04. The summed E-state index contributed by atoms with van der Waals surface area (Å²) in [5.74, 6) is 0. The first kappa shape index (κ1) is 15.6. The van der Waals surface area contributed by atoms with E-state index in [2.05, 4.69) is 30.3 Å². The third-order valence-electron chi connectivity index (χ3n) is 5.43. The van der Waals surface area contributed by atoms with Gasteiger partial charge in [0.15, 0.2) is 7.14 Å². The van der Waals surface area contributed by atoms with E-state index >= 15 is 0 Å². The van der Waals surface area contributed by atoms with Crippen molar-refractivity contribution < 1.29 is 4.57 Å². The molecule has 0 atom stereocenters. The van der Waals surface area contributed by atoms with Crippen molar-refractivity contribution in [2.24, 2.45) is 0 Å². The molecule has 5 rings (SSSR count). The van der Waals surface area contributed by atoms with Crippen molar-refractivity contribution in [3.8, 4) is 0 Å². The van der Waals surface area contributed by atoms with Gasteiger partial charge in [-0.25, -0.2) is 0 Å². The Morgan fingerprint density at radius 3 is 1.77 bits per heavy atom. The molecule has 4 aromatic carbocycles. The molecule has 26 heavy (non-hydrogen) atoms. The van der Waals surface area contributed by atoms with Crippen LogP contribution in [0.2, 0.25) is 0 Å². The number of aryl methyl sites for hydroxylation is 2. The molecule has 0 bridgehead atoms. The van der Waals surface area contributed by atoms with Gasteiger partial charge in [0.1, 0.15) is 0 Å². The minimum Gasteiger partial charge on any atom is -0.309 e. The van der Waals surface area contributed by atoms with E-state index < -0.39 is 7.14 Å². The quantitative estimate of drug-likeness (QED) is 0.492. The molecule has 0 saturated heterocycles. The second-order valence-electron chi connectivity index (χ2n) is 6.86. The molecular weight excluding hydrogens is 335 g/mol. The zero-order chi connectivity index (χ0) is 17.6. The lowest BCUT2D eigenvalue weighted by atomic mass is 10.1. The lowest BCUT2D eigenvalue weighted by Crippen LogP contribution is -2.25. The second kappa shape index (κ2) is 5.97. The number of hydrogen-bond donors (Lipinski definition) is 0. The van der Waals surface area contributed by atoms with Crippen LogP contribution in [0.25, 0.3) is 10.8 Å². The number of benzene rings is 4. The zero-order valence-electron chi connectivity index (χ0n) is 14.4. The first-order chi connectivity index (χ1) is 12.8. The van der Waals surface area contributed by atoms with Crippen molar-refractivity contribution in [2.45, 2.75) is 12.8 Å². The maximum atomic E-state index is 14.7. The van der Waals surface area contributed by atoms with Gasteiger partial charge < -0.3 is 4.57 Å². The van der Waals surface area contributed by atoms with Crippen molar-refractivity contribution in [3.05, 3.63) is 102 Å². The minimum absolute atomic E-state index is 0.893. The van der Waals surface area contributed by atoms with E-state index in [0.717, 1.165) is 34.1 Å². The highest BCUT2D eigenvalue weighted by atomic mass is 31.2. The Balaban J connectivity index is 1.89. The highest BCUT2D eigenvalue weighted by molar-refractivity contribution is 7.85. The van der Waals surface area contributed by atoms with E-state index in [1.54, 1.807) is 0 Å². The third kappa shape index (κ3) is 2.21. The molecule has 1 aliphatic rings. The summed E-state index contributed by atoms with van der Waals surface area (Å²) in [6.45, 7) is 0. The summed E-state index contributed by atoms with van der Waals surface area (Å²) in [4.78, 5) is 0. The average molecular weight is 354 g/mol. The Bertz CT molecular complexity index is 1090. The van der Waals surface area contributed by atoms with E-state index in [-0.39, 0.29) is 0 Å². The van der Waals surface area contributed by atoms with Crippen molar-refractivity contribution in [1.29, 1.82) is 0 Å². The van der Waals surface area contributed by atoms with Crippen LogP contribution in [-0.4, -0.2) is 0 Å². The zero-order valence-corrected chi connectivity index (χ0v) is 15.3. The Hall–Kier alpha value is -2.63. The van der Waals surface area contributed by atoms with Crippen LogP contribution < -0.4 is 15.9 Å². The standard InChI is InChI=1S/C24H19OP/c25-26(20-9-3-1-4-10-20,21-11-5-2-6-12-21)23-17-16-19-15-14-18-8-7-13-22(23)24(18)19/h1-13,16-17H,14-15H2. The van der Waals surface area contributed by atoms with Crippen LogP contribution >= 0.6 is 7.14 Å². The van der Waals surface area contributed by atoms with Crippen LogP contribution in [0, 0.1) is 0 Å². The molecule has 1 nitrogen and oxygen atoms in total. The summed E-state index contributed by atoms with van der Waals surface area (Å²) in [6.07, 6.45) is 2.16.